The molecule has 0 atom stereocenters. The van der Waals surface area contributed by atoms with E-state index >= 15 is 0 Å². The highest BCUT2D eigenvalue weighted by molar-refractivity contribution is 6.09. The number of nitrogens with one attached hydrogen (secondary N) is 1. The first-order valence-electron chi connectivity index (χ1n) is 7.71. The quantitative estimate of drug-likeness (QED) is 0.449. The highest BCUT2D eigenvalue weighted by Crippen LogP contribution is 2.20. The molecule has 1 aromatic rings. The van der Waals surface area contributed by atoms with Crippen LogP contribution in [0.2, 0.25) is 0 Å². The number of carbonyl (C=O) groups is 3. The van der Waals surface area contributed by atoms with Crippen LogP contribution in [0.3, 0.4) is 0 Å². The van der Waals surface area contributed by atoms with E-state index in [1.165, 1.54) is 24.3 Å². The summed E-state index contributed by atoms with van der Waals surface area (Å²) in [6.07, 6.45) is -6.85. The molecule has 26 heavy (non-hydrogen) atoms. The van der Waals surface area contributed by atoms with Gasteiger partial charge in [0.1, 0.15) is 18.0 Å². The summed E-state index contributed by atoms with van der Waals surface area (Å²) in [7, 11) is 0. The van der Waals surface area contributed by atoms with Gasteiger partial charge in [0.15, 0.2) is 5.78 Å². The largest absolute Gasteiger partial charge is 0.492 e. The van der Waals surface area contributed by atoms with Crippen LogP contribution in [0, 0.1) is 0 Å². The van der Waals surface area contributed by atoms with Crippen molar-refractivity contribution in [2.24, 2.45) is 0 Å². The summed E-state index contributed by atoms with van der Waals surface area (Å²) >= 11 is 0. The Labute approximate surface area is 148 Å². The average molecular weight is 375 g/mol. The van der Waals surface area contributed by atoms with Crippen molar-refractivity contribution in [2.75, 3.05) is 13.2 Å². The molecule has 0 aliphatic rings. The van der Waals surface area contributed by atoms with Gasteiger partial charge in [-0.3, -0.25) is 9.59 Å². The molecular formula is C17H20F3NO5. The monoisotopic (exact) mass is 375 g/mol. The van der Waals surface area contributed by atoms with E-state index in [0.717, 1.165) is 0 Å². The van der Waals surface area contributed by atoms with Gasteiger partial charge in [0.2, 0.25) is 5.78 Å². The van der Waals surface area contributed by atoms with E-state index in [-0.39, 0.29) is 18.7 Å². The Hall–Kier alpha value is -2.58. The van der Waals surface area contributed by atoms with Crippen LogP contribution in [-0.2, 0) is 9.53 Å². The van der Waals surface area contributed by atoms with Gasteiger partial charge in [0, 0.05) is 5.56 Å². The van der Waals surface area contributed by atoms with Crippen molar-refractivity contribution in [3.05, 3.63) is 29.8 Å². The second-order valence-electron chi connectivity index (χ2n) is 6.32. The molecule has 0 spiro atoms. The van der Waals surface area contributed by atoms with Crippen molar-refractivity contribution >= 4 is 17.7 Å². The Bertz CT molecular complexity index is 648. The standard InChI is InChI=1S/C17H20F3NO5/c1-16(2,3)26-15(24)21-8-9-25-12-6-4-11(5-7-12)13(22)10-14(23)17(18,19)20/h4-7H,8-10H2,1-3H3,(H,21,24). The lowest BCUT2D eigenvalue weighted by molar-refractivity contribution is -0.170. The van der Waals surface area contributed by atoms with Gasteiger partial charge in [-0.05, 0) is 45.0 Å². The number of hydrogen-bond acceptors (Lipinski definition) is 5. The zero-order valence-electron chi connectivity index (χ0n) is 14.6. The fourth-order valence-electron chi connectivity index (χ4n) is 1.72. The predicted octanol–water partition coefficient (Wildman–Crippen LogP) is 3.29. The third kappa shape index (κ3) is 8.00. The minimum Gasteiger partial charge on any atom is -0.492 e. The van der Waals surface area contributed by atoms with Gasteiger partial charge in [-0.25, -0.2) is 4.79 Å². The average Bonchev–Trinajstić information content (AvgIpc) is 2.49. The lowest BCUT2D eigenvalue weighted by atomic mass is 10.1. The molecule has 1 N–H and O–H groups in total. The SMILES string of the molecule is CC(C)(C)OC(=O)NCCOc1ccc(C(=O)CC(=O)C(F)(F)F)cc1. The molecule has 1 aromatic carbocycles. The van der Waals surface area contributed by atoms with Gasteiger partial charge in [-0.2, -0.15) is 13.2 Å². The van der Waals surface area contributed by atoms with Gasteiger partial charge in [0.25, 0.3) is 0 Å². The number of carbonyl (C=O) groups excluding carboxylic acids is 3. The Kier molecular flexibility index (Phi) is 7.17. The first-order valence-corrected chi connectivity index (χ1v) is 7.71. The van der Waals surface area contributed by atoms with Crippen LogP contribution >= 0.6 is 0 Å². The summed E-state index contributed by atoms with van der Waals surface area (Å²) in [6.45, 7) is 5.49. The number of benzene rings is 1. The third-order valence-corrected chi connectivity index (χ3v) is 2.85. The minimum atomic E-state index is -5.03. The molecule has 0 unspecified atom stereocenters. The van der Waals surface area contributed by atoms with E-state index in [0.29, 0.717) is 5.75 Å². The molecule has 0 fully saturated rings. The highest BCUT2D eigenvalue weighted by atomic mass is 19.4. The van der Waals surface area contributed by atoms with Crippen molar-refractivity contribution in [1.82, 2.24) is 5.32 Å². The summed E-state index contributed by atoms with van der Waals surface area (Å²) in [5, 5.41) is 2.49. The molecule has 1 rings (SSSR count). The number of ether oxygens (including phenoxy) is 2. The molecule has 6 nitrogen and oxygen atoms in total. The molecule has 0 aliphatic heterocycles. The zero-order valence-corrected chi connectivity index (χ0v) is 14.6. The minimum absolute atomic E-state index is 0.0261. The van der Waals surface area contributed by atoms with E-state index in [4.69, 9.17) is 9.47 Å². The first-order chi connectivity index (χ1) is 11.9. The number of alkyl halides is 3. The van der Waals surface area contributed by atoms with Crippen LogP contribution in [0.1, 0.15) is 37.6 Å². The molecule has 0 bridgehead atoms. The van der Waals surface area contributed by atoms with E-state index < -0.39 is 35.9 Å². The fraction of sp³-hybridized carbons (Fsp3) is 0.471. The second kappa shape index (κ2) is 8.68. The van der Waals surface area contributed by atoms with Crippen molar-refractivity contribution in [3.8, 4) is 5.75 Å². The second-order valence-corrected chi connectivity index (χ2v) is 6.32. The van der Waals surface area contributed by atoms with Crippen molar-refractivity contribution < 1.29 is 37.0 Å². The van der Waals surface area contributed by atoms with Crippen LogP contribution < -0.4 is 10.1 Å². The van der Waals surface area contributed by atoms with Crippen LogP contribution in [-0.4, -0.2) is 42.6 Å². The third-order valence-electron chi connectivity index (χ3n) is 2.85. The number of hydrogen-bond donors (Lipinski definition) is 1. The number of amides is 1. The summed E-state index contributed by atoms with van der Waals surface area (Å²) < 4.78 is 46.8. The van der Waals surface area contributed by atoms with Crippen LogP contribution in [0.25, 0.3) is 0 Å². The summed E-state index contributed by atoms with van der Waals surface area (Å²) in [5.74, 6) is -2.66. The number of alkyl carbamates (subject to hydrolysis) is 1. The molecule has 0 radical (unpaired) electrons. The highest BCUT2D eigenvalue weighted by Gasteiger charge is 2.39. The normalized spacial score (nSPS) is 11.6. The van der Waals surface area contributed by atoms with E-state index in [2.05, 4.69) is 5.32 Å². The number of rotatable bonds is 7. The molecule has 0 aliphatic carbocycles. The number of ketones is 2. The van der Waals surface area contributed by atoms with Crippen LogP contribution in [0.15, 0.2) is 24.3 Å². The van der Waals surface area contributed by atoms with Gasteiger partial charge >= 0.3 is 12.3 Å². The van der Waals surface area contributed by atoms with Gasteiger partial charge < -0.3 is 14.8 Å². The topological polar surface area (TPSA) is 81.7 Å². The Morgan fingerprint density at radius 1 is 1.04 bits per heavy atom. The molecule has 144 valence electrons. The number of halogens is 3. The maximum atomic E-state index is 12.1. The van der Waals surface area contributed by atoms with Crippen molar-refractivity contribution in [2.45, 2.75) is 39.0 Å². The summed E-state index contributed by atoms with van der Waals surface area (Å²) in [5.41, 5.74) is -0.636. The zero-order chi connectivity index (χ0) is 20.0. The first kappa shape index (κ1) is 21.5. The lowest BCUT2D eigenvalue weighted by Gasteiger charge is -2.19. The molecule has 0 heterocycles. The Balaban J connectivity index is 2.42. The van der Waals surface area contributed by atoms with E-state index in [9.17, 15) is 27.6 Å². The van der Waals surface area contributed by atoms with Crippen LogP contribution in [0.5, 0.6) is 5.75 Å². The maximum absolute atomic E-state index is 12.1. The van der Waals surface area contributed by atoms with E-state index in [1.54, 1.807) is 20.8 Å². The summed E-state index contributed by atoms with van der Waals surface area (Å²) in [4.78, 5) is 33.9. The van der Waals surface area contributed by atoms with Crippen LogP contribution in [0.4, 0.5) is 18.0 Å². The van der Waals surface area contributed by atoms with Gasteiger partial charge in [-0.1, -0.05) is 0 Å². The molecule has 1 amide bonds. The molecule has 0 saturated carbocycles. The fourth-order valence-corrected chi connectivity index (χ4v) is 1.72. The number of Topliss-reactive ketones (excluding diaryl/α,β-unsaturated/α-hetero) is 2. The molecule has 0 saturated heterocycles. The van der Waals surface area contributed by atoms with Gasteiger partial charge in [0.05, 0.1) is 13.0 Å². The predicted molar refractivity (Wildman–Crippen MR) is 86.2 cm³/mol. The summed E-state index contributed by atoms with van der Waals surface area (Å²) in [6, 6.07) is 5.31. The maximum Gasteiger partial charge on any atom is 0.450 e. The molecule has 0 aromatic heterocycles. The molecule has 9 heteroatoms. The van der Waals surface area contributed by atoms with Crippen molar-refractivity contribution in [1.29, 1.82) is 0 Å². The van der Waals surface area contributed by atoms with Crippen molar-refractivity contribution in [3.63, 3.8) is 0 Å². The lowest BCUT2D eigenvalue weighted by Crippen LogP contribution is -2.34. The van der Waals surface area contributed by atoms with Gasteiger partial charge in [-0.15, -0.1) is 0 Å². The van der Waals surface area contributed by atoms with E-state index in [1.807, 2.05) is 0 Å². The smallest absolute Gasteiger partial charge is 0.450 e. The Morgan fingerprint density at radius 2 is 1.62 bits per heavy atom. The molecular weight excluding hydrogens is 355 g/mol. The Morgan fingerprint density at radius 3 is 2.12 bits per heavy atom.